The van der Waals surface area contributed by atoms with E-state index in [0.717, 1.165) is 9.87 Å². The van der Waals surface area contributed by atoms with E-state index in [-0.39, 0.29) is 22.9 Å². The zero-order chi connectivity index (χ0) is 20.5. The van der Waals surface area contributed by atoms with Gasteiger partial charge in [-0.1, -0.05) is 6.92 Å². The summed E-state index contributed by atoms with van der Waals surface area (Å²) in [7, 11) is -5.97. The Balaban J connectivity index is 1.77. The first-order valence-electron chi connectivity index (χ1n) is 8.65. The molecular formula is C18H21N3O5S2. The number of rotatable bonds is 6. The second kappa shape index (κ2) is 7.61. The van der Waals surface area contributed by atoms with Crippen molar-refractivity contribution in [2.45, 2.75) is 18.2 Å². The SMILES string of the molecule is CC1CS(=O)(=O)N(c2ccc(S(=O)(=O)N(C)CCc3ccncc3)cc2)C1=O. The Hall–Kier alpha value is -2.30. The standard InChI is InChI=1S/C18H21N3O5S2/c1-14-13-27(23,24)21(18(14)22)16-3-5-17(6-4-16)28(25,26)20(2)12-9-15-7-10-19-11-8-15/h3-8,10-11,14H,9,12-13H2,1-2H3. The second-order valence-corrected chi connectivity index (χ2v) is 10.6. The average Bonchev–Trinajstić information content (AvgIpc) is 2.87. The molecule has 1 unspecified atom stereocenters. The van der Waals surface area contributed by atoms with Crippen molar-refractivity contribution in [1.29, 1.82) is 0 Å². The van der Waals surface area contributed by atoms with Gasteiger partial charge in [0.15, 0.2) is 0 Å². The van der Waals surface area contributed by atoms with Crippen LogP contribution in [-0.4, -0.2) is 51.4 Å². The highest BCUT2D eigenvalue weighted by atomic mass is 32.2. The zero-order valence-electron chi connectivity index (χ0n) is 15.5. The van der Waals surface area contributed by atoms with Crippen LogP contribution in [0.15, 0.2) is 53.7 Å². The molecule has 1 fully saturated rings. The molecule has 3 rings (SSSR count). The number of amides is 1. The van der Waals surface area contributed by atoms with Crippen molar-refractivity contribution in [3.63, 3.8) is 0 Å². The van der Waals surface area contributed by atoms with E-state index >= 15 is 0 Å². The van der Waals surface area contributed by atoms with E-state index in [1.807, 2.05) is 12.1 Å². The van der Waals surface area contributed by atoms with E-state index in [2.05, 4.69) is 4.98 Å². The molecule has 0 bridgehead atoms. The minimum atomic E-state index is -3.74. The van der Waals surface area contributed by atoms with Gasteiger partial charge in [-0.3, -0.25) is 9.78 Å². The average molecular weight is 424 g/mol. The summed E-state index contributed by atoms with van der Waals surface area (Å²) in [6.45, 7) is 1.83. The fourth-order valence-corrected chi connectivity index (χ4v) is 5.97. The predicted octanol–water partition coefficient (Wildman–Crippen LogP) is 1.26. The van der Waals surface area contributed by atoms with Gasteiger partial charge in [0.25, 0.3) is 0 Å². The normalized spacial score (nSPS) is 19.3. The maximum Gasteiger partial charge on any atom is 0.244 e. The van der Waals surface area contributed by atoms with Crippen molar-refractivity contribution in [3.8, 4) is 0 Å². The molecule has 1 atom stereocenters. The first-order chi connectivity index (χ1) is 13.1. The predicted molar refractivity (Wildman–Crippen MR) is 105 cm³/mol. The zero-order valence-corrected chi connectivity index (χ0v) is 17.1. The van der Waals surface area contributed by atoms with Crippen LogP contribution in [0, 0.1) is 5.92 Å². The quantitative estimate of drug-likeness (QED) is 0.693. The molecule has 2 aromatic rings. The third-order valence-corrected chi connectivity index (χ3v) is 8.34. The second-order valence-electron chi connectivity index (χ2n) is 6.71. The van der Waals surface area contributed by atoms with Crippen LogP contribution >= 0.6 is 0 Å². The highest BCUT2D eigenvalue weighted by molar-refractivity contribution is 7.94. The lowest BCUT2D eigenvalue weighted by Gasteiger charge is -2.19. The Bertz CT molecular complexity index is 1070. The van der Waals surface area contributed by atoms with E-state index < -0.39 is 31.9 Å². The van der Waals surface area contributed by atoms with Gasteiger partial charge in [-0.2, -0.15) is 0 Å². The largest absolute Gasteiger partial charge is 0.273 e. The van der Waals surface area contributed by atoms with Crippen LogP contribution in [0.4, 0.5) is 5.69 Å². The molecule has 0 radical (unpaired) electrons. The Labute approximate surface area is 164 Å². The number of anilines is 1. The molecule has 1 aromatic heterocycles. The maximum atomic E-state index is 12.7. The molecule has 0 aliphatic carbocycles. The number of hydrogen-bond donors (Lipinski definition) is 0. The van der Waals surface area contributed by atoms with Crippen molar-refractivity contribution in [2.24, 2.45) is 5.92 Å². The highest BCUT2D eigenvalue weighted by Gasteiger charge is 2.42. The number of nitrogens with zero attached hydrogens (tertiary/aromatic N) is 3. The van der Waals surface area contributed by atoms with Gasteiger partial charge in [-0.25, -0.2) is 25.4 Å². The molecule has 2 heterocycles. The van der Waals surface area contributed by atoms with Crippen LogP contribution in [-0.2, 0) is 31.3 Å². The number of sulfonamides is 2. The Morgan fingerprint density at radius 3 is 2.29 bits per heavy atom. The van der Waals surface area contributed by atoms with Crippen molar-refractivity contribution in [2.75, 3.05) is 23.7 Å². The molecule has 1 aliphatic heterocycles. The Morgan fingerprint density at radius 1 is 1.14 bits per heavy atom. The van der Waals surface area contributed by atoms with Crippen LogP contribution in [0.1, 0.15) is 12.5 Å². The summed E-state index contributed by atoms with van der Waals surface area (Å²) in [5.41, 5.74) is 1.12. The number of likely N-dealkylation sites (N-methyl/N-ethyl adjacent to an activating group) is 1. The maximum absolute atomic E-state index is 12.7. The van der Waals surface area contributed by atoms with E-state index in [4.69, 9.17) is 0 Å². The molecule has 150 valence electrons. The number of pyridine rings is 1. The third kappa shape index (κ3) is 3.94. The van der Waals surface area contributed by atoms with Crippen LogP contribution in [0.3, 0.4) is 0 Å². The number of benzene rings is 1. The van der Waals surface area contributed by atoms with Crippen molar-refractivity contribution >= 4 is 31.6 Å². The number of carbonyl (C=O) groups is 1. The van der Waals surface area contributed by atoms with Crippen molar-refractivity contribution in [1.82, 2.24) is 9.29 Å². The van der Waals surface area contributed by atoms with Gasteiger partial charge in [0.1, 0.15) is 0 Å². The number of aromatic nitrogens is 1. The van der Waals surface area contributed by atoms with Gasteiger partial charge in [0.2, 0.25) is 26.0 Å². The first kappa shape index (κ1) is 20.4. The van der Waals surface area contributed by atoms with E-state index in [1.165, 1.54) is 35.6 Å². The molecule has 1 saturated heterocycles. The highest BCUT2D eigenvalue weighted by Crippen LogP contribution is 2.29. The Kier molecular flexibility index (Phi) is 5.55. The summed E-state index contributed by atoms with van der Waals surface area (Å²) >= 11 is 0. The van der Waals surface area contributed by atoms with Crippen molar-refractivity contribution < 1.29 is 21.6 Å². The topological polar surface area (TPSA) is 105 Å². The molecule has 1 amide bonds. The molecule has 28 heavy (non-hydrogen) atoms. The summed E-state index contributed by atoms with van der Waals surface area (Å²) < 4.78 is 51.8. The lowest BCUT2D eigenvalue weighted by molar-refractivity contribution is -0.119. The van der Waals surface area contributed by atoms with Crippen LogP contribution < -0.4 is 4.31 Å². The van der Waals surface area contributed by atoms with E-state index in [1.54, 1.807) is 19.3 Å². The summed E-state index contributed by atoms with van der Waals surface area (Å²) in [6.07, 6.45) is 3.84. The van der Waals surface area contributed by atoms with Crippen LogP contribution in [0.5, 0.6) is 0 Å². The number of hydrogen-bond acceptors (Lipinski definition) is 6. The summed E-state index contributed by atoms with van der Waals surface area (Å²) in [5.74, 6) is -1.37. The summed E-state index contributed by atoms with van der Waals surface area (Å²) in [6, 6.07) is 8.97. The van der Waals surface area contributed by atoms with Gasteiger partial charge >= 0.3 is 0 Å². The fourth-order valence-electron chi connectivity index (χ4n) is 2.98. The van der Waals surface area contributed by atoms with Gasteiger partial charge in [-0.05, 0) is 48.4 Å². The smallest absolute Gasteiger partial charge is 0.244 e. The van der Waals surface area contributed by atoms with Crippen LogP contribution in [0.2, 0.25) is 0 Å². The molecule has 1 aliphatic rings. The van der Waals surface area contributed by atoms with E-state index in [9.17, 15) is 21.6 Å². The first-order valence-corrected chi connectivity index (χ1v) is 11.7. The lowest BCUT2D eigenvalue weighted by Crippen LogP contribution is -2.31. The van der Waals surface area contributed by atoms with Gasteiger partial charge in [-0.15, -0.1) is 0 Å². The van der Waals surface area contributed by atoms with Crippen LogP contribution in [0.25, 0.3) is 0 Å². The molecular weight excluding hydrogens is 402 g/mol. The van der Waals surface area contributed by atoms with Gasteiger partial charge in [0.05, 0.1) is 22.3 Å². The molecule has 0 spiro atoms. The van der Waals surface area contributed by atoms with E-state index in [0.29, 0.717) is 6.42 Å². The monoisotopic (exact) mass is 423 g/mol. The minimum absolute atomic E-state index is 0.0329. The molecule has 0 N–H and O–H groups in total. The molecule has 1 aromatic carbocycles. The van der Waals surface area contributed by atoms with Crippen molar-refractivity contribution in [3.05, 3.63) is 54.4 Å². The van der Waals surface area contributed by atoms with Gasteiger partial charge < -0.3 is 0 Å². The third-order valence-electron chi connectivity index (χ3n) is 4.60. The summed E-state index contributed by atoms with van der Waals surface area (Å²) in [5, 5.41) is 0. The van der Waals surface area contributed by atoms with Gasteiger partial charge in [0, 0.05) is 26.0 Å². The molecule has 10 heteroatoms. The minimum Gasteiger partial charge on any atom is -0.273 e. The lowest BCUT2D eigenvalue weighted by atomic mass is 10.2. The summed E-state index contributed by atoms with van der Waals surface area (Å²) in [4.78, 5) is 16.1. The molecule has 0 saturated carbocycles. The number of carbonyl (C=O) groups excluding carboxylic acids is 1. The fraction of sp³-hybridized carbons (Fsp3) is 0.333. The Morgan fingerprint density at radius 2 is 1.75 bits per heavy atom. The molecule has 8 nitrogen and oxygen atoms in total.